The standard InChI is InChI=1S/C32H36N8O/c1-6-21(4)31(41)37-32(20(2)3)12-26-8-9-27(13-32)40(26)29-10-7-22(15-34-29)28-11-23(25-17-35-38(5)18-25)19-39-30(28)24(14-33)16-36-39/h6-7,10-11,15-21,26-27H,1,8-9,12-13H2,2-5H3,(H,37,41). The van der Waals surface area contributed by atoms with E-state index in [0.29, 0.717) is 23.6 Å². The van der Waals surface area contributed by atoms with Gasteiger partial charge in [0.05, 0.1) is 29.4 Å². The summed E-state index contributed by atoms with van der Waals surface area (Å²) in [5.74, 6) is 1.12. The minimum atomic E-state index is -0.231. The SMILES string of the molecule is C=CC(C)C(=O)NC1(C(C)C)CC2CCC(C1)N2c1ccc(-c2cc(-c3cnn(C)c3)cn3ncc(C#N)c23)cn1. The third-order valence-electron chi connectivity index (χ3n) is 9.16. The molecule has 1 amide bonds. The van der Waals surface area contributed by atoms with Crippen molar-refractivity contribution in [3.05, 3.63) is 67.4 Å². The number of aromatic nitrogens is 5. The molecule has 0 spiro atoms. The van der Waals surface area contributed by atoms with Gasteiger partial charge in [0.1, 0.15) is 11.9 Å². The number of nitrogens with one attached hydrogen (secondary N) is 1. The van der Waals surface area contributed by atoms with Gasteiger partial charge in [-0.25, -0.2) is 9.50 Å². The smallest absolute Gasteiger partial charge is 0.227 e. The molecular formula is C32H36N8O. The molecular weight excluding hydrogens is 512 g/mol. The summed E-state index contributed by atoms with van der Waals surface area (Å²) in [6.07, 6.45) is 14.9. The quantitative estimate of drug-likeness (QED) is 0.321. The third-order valence-corrected chi connectivity index (χ3v) is 9.16. The van der Waals surface area contributed by atoms with Crippen LogP contribution in [0.1, 0.15) is 52.0 Å². The Hall–Kier alpha value is -4.45. The van der Waals surface area contributed by atoms with Crippen LogP contribution in [0.2, 0.25) is 0 Å². The van der Waals surface area contributed by atoms with Gasteiger partial charge in [-0.05, 0) is 49.8 Å². The molecule has 2 saturated heterocycles. The van der Waals surface area contributed by atoms with Crippen LogP contribution in [0.4, 0.5) is 5.82 Å². The number of carbonyl (C=O) groups excluding carboxylic acids is 1. The van der Waals surface area contributed by atoms with E-state index in [2.05, 4.69) is 65.1 Å². The summed E-state index contributed by atoms with van der Waals surface area (Å²) in [4.78, 5) is 20.3. The van der Waals surface area contributed by atoms with Gasteiger partial charge in [-0.15, -0.1) is 6.58 Å². The van der Waals surface area contributed by atoms with Crippen molar-refractivity contribution < 1.29 is 4.79 Å². The van der Waals surface area contributed by atoms with Crippen LogP contribution >= 0.6 is 0 Å². The number of nitrogens with zero attached hydrogens (tertiary/aromatic N) is 7. The van der Waals surface area contributed by atoms with Crippen LogP contribution < -0.4 is 10.2 Å². The molecule has 2 aliphatic heterocycles. The number of rotatable bonds is 7. The van der Waals surface area contributed by atoms with Crippen molar-refractivity contribution in [3.8, 4) is 28.3 Å². The third kappa shape index (κ3) is 4.57. The summed E-state index contributed by atoms with van der Waals surface area (Å²) in [5, 5.41) is 22.0. The Balaban J connectivity index is 1.32. The fraction of sp³-hybridized carbons (Fsp3) is 0.406. The van der Waals surface area contributed by atoms with E-state index in [1.807, 2.05) is 38.8 Å². The lowest BCUT2D eigenvalue weighted by Crippen LogP contribution is -2.62. The van der Waals surface area contributed by atoms with Crippen molar-refractivity contribution in [2.75, 3.05) is 4.90 Å². The highest BCUT2D eigenvalue weighted by Gasteiger charge is 2.51. The lowest BCUT2D eigenvalue weighted by molar-refractivity contribution is -0.126. The number of hydrogen-bond donors (Lipinski definition) is 1. The zero-order valence-electron chi connectivity index (χ0n) is 24.1. The average molecular weight is 549 g/mol. The van der Waals surface area contributed by atoms with Crippen LogP contribution in [0.3, 0.4) is 0 Å². The molecule has 41 heavy (non-hydrogen) atoms. The molecule has 3 unspecified atom stereocenters. The number of anilines is 1. The van der Waals surface area contributed by atoms with Crippen LogP contribution in [0, 0.1) is 23.2 Å². The monoisotopic (exact) mass is 548 g/mol. The Bertz CT molecular complexity index is 1640. The van der Waals surface area contributed by atoms with Gasteiger partial charge in [0, 0.05) is 65.5 Å². The van der Waals surface area contributed by atoms with Gasteiger partial charge in [0.2, 0.25) is 5.91 Å². The minimum Gasteiger partial charge on any atom is -0.350 e. The van der Waals surface area contributed by atoms with E-state index in [4.69, 9.17) is 4.98 Å². The van der Waals surface area contributed by atoms with Gasteiger partial charge in [0.15, 0.2) is 0 Å². The number of carbonyl (C=O) groups is 1. The van der Waals surface area contributed by atoms with Crippen molar-refractivity contribution in [2.45, 2.75) is 64.1 Å². The highest BCUT2D eigenvalue weighted by atomic mass is 16.2. The first-order valence-electron chi connectivity index (χ1n) is 14.3. The number of hydrogen-bond acceptors (Lipinski definition) is 6. The molecule has 2 fully saturated rings. The molecule has 0 aromatic carbocycles. The second-order valence-electron chi connectivity index (χ2n) is 11.9. The van der Waals surface area contributed by atoms with E-state index >= 15 is 0 Å². The molecule has 0 radical (unpaired) electrons. The minimum absolute atomic E-state index is 0.0560. The summed E-state index contributed by atoms with van der Waals surface area (Å²) < 4.78 is 3.54. The first kappa shape index (κ1) is 26.8. The van der Waals surface area contributed by atoms with Crippen molar-refractivity contribution in [3.63, 3.8) is 0 Å². The summed E-state index contributed by atoms with van der Waals surface area (Å²) >= 11 is 0. The fourth-order valence-corrected chi connectivity index (χ4v) is 6.69. The van der Waals surface area contributed by atoms with Crippen LogP contribution in [0.5, 0.6) is 0 Å². The molecule has 4 aromatic rings. The van der Waals surface area contributed by atoms with Crippen molar-refractivity contribution in [2.24, 2.45) is 18.9 Å². The van der Waals surface area contributed by atoms with E-state index in [1.165, 1.54) is 0 Å². The normalized spacial score (nSPS) is 22.6. The molecule has 210 valence electrons. The van der Waals surface area contributed by atoms with Crippen LogP contribution in [0.15, 0.2) is 61.8 Å². The van der Waals surface area contributed by atoms with Crippen LogP contribution in [-0.2, 0) is 11.8 Å². The Morgan fingerprint density at radius 1 is 1.10 bits per heavy atom. The van der Waals surface area contributed by atoms with Crippen LogP contribution in [-0.4, -0.2) is 47.9 Å². The lowest BCUT2D eigenvalue weighted by atomic mass is 9.74. The summed E-state index contributed by atoms with van der Waals surface area (Å²) in [7, 11) is 1.89. The molecule has 9 heteroatoms. The molecule has 2 bridgehead atoms. The largest absolute Gasteiger partial charge is 0.350 e. The molecule has 4 aromatic heterocycles. The van der Waals surface area contributed by atoms with E-state index in [0.717, 1.165) is 59.3 Å². The van der Waals surface area contributed by atoms with E-state index in [-0.39, 0.29) is 17.4 Å². The second-order valence-corrected chi connectivity index (χ2v) is 11.9. The maximum Gasteiger partial charge on any atom is 0.227 e. The predicted octanol–water partition coefficient (Wildman–Crippen LogP) is 5.13. The van der Waals surface area contributed by atoms with Gasteiger partial charge in [0.25, 0.3) is 0 Å². The van der Waals surface area contributed by atoms with E-state index in [9.17, 15) is 10.1 Å². The summed E-state index contributed by atoms with van der Waals surface area (Å²) in [5.41, 5.74) is 4.82. The Morgan fingerprint density at radius 2 is 1.85 bits per heavy atom. The molecule has 0 aliphatic carbocycles. The maximum atomic E-state index is 12.9. The Kier molecular flexibility index (Phi) is 6.65. The number of nitriles is 1. The average Bonchev–Trinajstić information content (AvgIpc) is 3.67. The molecule has 6 heterocycles. The summed E-state index contributed by atoms with van der Waals surface area (Å²) in [6.45, 7) is 10.1. The molecule has 2 aliphatic rings. The first-order chi connectivity index (χ1) is 19.7. The predicted molar refractivity (Wildman–Crippen MR) is 159 cm³/mol. The lowest BCUT2D eigenvalue weighted by Gasteiger charge is -2.50. The number of piperidine rings is 1. The summed E-state index contributed by atoms with van der Waals surface area (Å²) in [6, 6.07) is 9.18. The van der Waals surface area contributed by atoms with Gasteiger partial charge in [-0.3, -0.25) is 9.48 Å². The van der Waals surface area contributed by atoms with Gasteiger partial charge in [-0.2, -0.15) is 15.5 Å². The number of aryl methyl sites for hydroxylation is 1. The zero-order chi connectivity index (χ0) is 28.9. The van der Waals surface area contributed by atoms with Crippen molar-refractivity contribution in [1.29, 1.82) is 5.26 Å². The topological polar surface area (TPSA) is 104 Å². The Morgan fingerprint density at radius 3 is 2.44 bits per heavy atom. The van der Waals surface area contributed by atoms with Gasteiger partial charge < -0.3 is 10.2 Å². The maximum absolute atomic E-state index is 12.9. The van der Waals surface area contributed by atoms with Gasteiger partial charge in [-0.1, -0.05) is 26.8 Å². The molecule has 6 rings (SSSR count). The van der Waals surface area contributed by atoms with E-state index < -0.39 is 0 Å². The fourth-order valence-electron chi connectivity index (χ4n) is 6.69. The molecule has 9 nitrogen and oxygen atoms in total. The Labute approximate surface area is 240 Å². The zero-order valence-corrected chi connectivity index (χ0v) is 24.1. The number of fused-ring (bicyclic) bond motifs is 3. The molecule has 1 N–H and O–H groups in total. The number of pyridine rings is 2. The van der Waals surface area contributed by atoms with Crippen LogP contribution in [0.25, 0.3) is 27.8 Å². The van der Waals surface area contributed by atoms with Crippen molar-refractivity contribution >= 4 is 17.2 Å². The van der Waals surface area contributed by atoms with E-state index in [1.54, 1.807) is 21.5 Å². The number of amides is 1. The van der Waals surface area contributed by atoms with Gasteiger partial charge >= 0.3 is 0 Å². The molecule has 3 atom stereocenters. The van der Waals surface area contributed by atoms with Crippen molar-refractivity contribution in [1.82, 2.24) is 29.7 Å². The molecule has 0 saturated carbocycles. The first-order valence-corrected chi connectivity index (χ1v) is 14.3. The highest BCUT2D eigenvalue weighted by Crippen LogP contribution is 2.46. The highest BCUT2D eigenvalue weighted by molar-refractivity contribution is 5.87. The second kappa shape index (κ2) is 10.2.